The van der Waals surface area contributed by atoms with Crippen LogP contribution in [0.15, 0.2) is 17.8 Å². The van der Waals surface area contributed by atoms with Gasteiger partial charge in [0, 0.05) is 24.6 Å². The van der Waals surface area contributed by atoms with Crippen molar-refractivity contribution in [2.75, 3.05) is 5.75 Å². The summed E-state index contributed by atoms with van der Waals surface area (Å²) in [5.41, 5.74) is 5.55. The van der Waals surface area contributed by atoms with E-state index in [0.717, 1.165) is 5.16 Å². The quantitative estimate of drug-likeness (QED) is 0.611. The van der Waals surface area contributed by atoms with Crippen molar-refractivity contribution in [2.45, 2.75) is 37.0 Å². The molecule has 1 aliphatic carbocycles. The van der Waals surface area contributed by atoms with E-state index < -0.39 is 11.8 Å². The molecule has 4 nitrogen and oxygen atoms in total. The molecule has 0 aliphatic heterocycles. The van der Waals surface area contributed by atoms with Crippen LogP contribution < -0.4 is 5.73 Å². The van der Waals surface area contributed by atoms with Crippen molar-refractivity contribution >= 4 is 11.8 Å². The zero-order valence-corrected chi connectivity index (χ0v) is 10.8. The Hall–Kier alpha value is -0.950. The molecule has 0 aromatic carbocycles. The smallest absolute Gasteiger partial charge is 0.251 e. The van der Waals surface area contributed by atoms with Crippen molar-refractivity contribution in [3.8, 4) is 0 Å². The van der Waals surface area contributed by atoms with Gasteiger partial charge in [-0.15, -0.1) is 16.8 Å². The minimum atomic E-state index is -2.43. The zero-order chi connectivity index (χ0) is 13.2. The van der Waals surface area contributed by atoms with Gasteiger partial charge in [-0.05, 0) is 6.42 Å². The predicted octanol–water partition coefficient (Wildman–Crippen LogP) is 2.06. The number of nitrogens with two attached hydrogens (primary N) is 1. The summed E-state index contributed by atoms with van der Waals surface area (Å²) >= 11 is 1.44. The fraction of sp³-hybridized carbons (Fsp3) is 0.636. The van der Waals surface area contributed by atoms with Gasteiger partial charge in [-0.1, -0.05) is 17.8 Å². The lowest BCUT2D eigenvalue weighted by Gasteiger charge is -2.05. The number of rotatable bonds is 7. The second-order valence-electron chi connectivity index (χ2n) is 4.30. The number of thioether (sulfide) groups is 1. The SMILES string of the molecule is C=CCn1c(CN)nnc1SCC[C@H]1CC1(F)F. The van der Waals surface area contributed by atoms with Crippen LogP contribution in [-0.4, -0.2) is 26.4 Å². The molecule has 18 heavy (non-hydrogen) atoms. The van der Waals surface area contributed by atoms with Gasteiger partial charge in [-0.2, -0.15) is 0 Å². The van der Waals surface area contributed by atoms with Crippen LogP contribution in [0.2, 0.25) is 0 Å². The largest absolute Gasteiger partial charge is 0.324 e. The van der Waals surface area contributed by atoms with E-state index >= 15 is 0 Å². The standard InChI is InChI=1S/C11H16F2N4S/c1-2-4-17-9(7-14)15-16-10(17)18-5-3-8-6-11(8,12)13/h2,8H,1,3-7,14H2/t8-/m0/s1. The lowest BCUT2D eigenvalue weighted by molar-refractivity contribution is 0.0983. The van der Waals surface area contributed by atoms with Crippen molar-refractivity contribution in [3.05, 3.63) is 18.5 Å². The molecule has 2 rings (SSSR count). The molecular weight excluding hydrogens is 258 g/mol. The van der Waals surface area contributed by atoms with Gasteiger partial charge in [0.15, 0.2) is 5.16 Å². The van der Waals surface area contributed by atoms with E-state index in [2.05, 4.69) is 16.8 Å². The molecule has 0 amide bonds. The van der Waals surface area contributed by atoms with Crippen LogP contribution in [0.3, 0.4) is 0 Å². The van der Waals surface area contributed by atoms with E-state index in [0.29, 0.717) is 31.1 Å². The maximum atomic E-state index is 12.7. The van der Waals surface area contributed by atoms with Gasteiger partial charge in [-0.25, -0.2) is 8.78 Å². The first kappa shape index (κ1) is 13.5. The summed E-state index contributed by atoms with van der Waals surface area (Å²) in [7, 11) is 0. The molecule has 0 spiro atoms. The van der Waals surface area contributed by atoms with Crippen molar-refractivity contribution in [1.82, 2.24) is 14.8 Å². The van der Waals surface area contributed by atoms with E-state index in [1.807, 2.05) is 4.57 Å². The summed E-state index contributed by atoms with van der Waals surface area (Å²) in [6, 6.07) is 0. The van der Waals surface area contributed by atoms with Gasteiger partial charge in [0.05, 0.1) is 6.54 Å². The highest BCUT2D eigenvalue weighted by Crippen LogP contribution is 2.51. The summed E-state index contributed by atoms with van der Waals surface area (Å²) in [6.07, 6.45) is 2.28. The van der Waals surface area contributed by atoms with Crippen LogP contribution in [0, 0.1) is 5.92 Å². The molecular formula is C11H16F2N4S. The molecule has 2 N–H and O–H groups in total. The molecule has 1 saturated carbocycles. The molecule has 1 atom stereocenters. The molecule has 7 heteroatoms. The Kier molecular flexibility index (Phi) is 4.01. The summed E-state index contributed by atoms with van der Waals surface area (Å²) < 4.78 is 27.3. The van der Waals surface area contributed by atoms with Crippen molar-refractivity contribution < 1.29 is 8.78 Å². The van der Waals surface area contributed by atoms with Gasteiger partial charge in [0.1, 0.15) is 5.82 Å². The van der Waals surface area contributed by atoms with E-state index in [1.54, 1.807) is 6.08 Å². The maximum Gasteiger partial charge on any atom is 0.251 e. The fourth-order valence-electron chi connectivity index (χ4n) is 1.76. The van der Waals surface area contributed by atoms with Crippen LogP contribution >= 0.6 is 11.8 Å². The Labute approximate surface area is 109 Å². The predicted molar refractivity (Wildman–Crippen MR) is 66.5 cm³/mol. The molecule has 1 aromatic heterocycles. The summed E-state index contributed by atoms with van der Waals surface area (Å²) in [5, 5.41) is 8.71. The molecule has 1 aliphatic rings. The molecule has 0 saturated heterocycles. The van der Waals surface area contributed by atoms with Crippen LogP contribution in [0.4, 0.5) is 8.78 Å². The number of alkyl halides is 2. The Morgan fingerprint density at radius 1 is 1.56 bits per heavy atom. The molecule has 100 valence electrons. The topological polar surface area (TPSA) is 56.7 Å². The van der Waals surface area contributed by atoms with Crippen LogP contribution in [0.1, 0.15) is 18.7 Å². The number of hydrogen-bond acceptors (Lipinski definition) is 4. The normalized spacial score (nSPS) is 20.9. The highest BCUT2D eigenvalue weighted by atomic mass is 32.2. The van der Waals surface area contributed by atoms with Gasteiger partial charge in [0.25, 0.3) is 5.92 Å². The summed E-state index contributed by atoms with van der Waals surface area (Å²) in [6.45, 7) is 4.56. The number of aromatic nitrogens is 3. The second kappa shape index (κ2) is 5.36. The molecule has 1 aromatic rings. The average Bonchev–Trinajstić information content (AvgIpc) is 2.76. The second-order valence-corrected chi connectivity index (χ2v) is 5.36. The van der Waals surface area contributed by atoms with E-state index in [1.165, 1.54) is 11.8 Å². The Morgan fingerprint density at radius 3 is 2.83 bits per heavy atom. The summed E-state index contributed by atoms with van der Waals surface area (Å²) in [4.78, 5) is 0. The molecule has 1 fully saturated rings. The highest BCUT2D eigenvalue weighted by molar-refractivity contribution is 7.99. The fourth-order valence-corrected chi connectivity index (χ4v) is 2.78. The van der Waals surface area contributed by atoms with Gasteiger partial charge < -0.3 is 10.3 Å². The Bertz CT molecular complexity index is 433. The first-order valence-corrected chi connectivity index (χ1v) is 6.80. The Balaban J connectivity index is 1.88. The van der Waals surface area contributed by atoms with Crippen LogP contribution in [-0.2, 0) is 13.1 Å². The molecule has 0 radical (unpaired) electrons. The zero-order valence-electron chi connectivity index (χ0n) is 9.98. The third-order valence-corrected chi connectivity index (χ3v) is 3.94. The number of hydrogen-bond donors (Lipinski definition) is 1. The summed E-state index contributed by atoms with van der Waals surface area (Å²) in [5.74, 6) is -1.57. The van der Waals surface area contributed by atoms with E-state index in [9.17, 15) is 8.78 Å². The lowest BCUT2D eigenvalue weighted by atomic mass is 10.3. The molecule has 1 heterocycles. The average molecular weight is 274 g/mol. The van der Waals surface area contributed by atoms with Gasteiger partial charge in [0.2, 0.25) is 0 Å². The Morgan fingerprint density at radius 2 is 2.28 bits per heavy atom. The minimum Gasteiger partial charge on any atom is -0.324 e. The highest BCUT2D eigenvalue weighted by Gasteiger charge is 2.55. The number of nitrogens with zero attached hydrogens (tertiary/aromatic N) is 3. The van der Waals surface area contributed by atoms with Crippen molar-refractivity contribution in [2.24, 2.45) is 11.7 Å². The third kappa shape index (κ3) is 2.89. The van der Waals surface area contributed by atoms with Gasteiger partial charge >= 0.3 is 0 Å². The van der Waals surface area contributed by atoms with Crippen LogP contribution in [0.25, 0.3) is 0 Å². The lowest BCUT2D eigenvalue weighted by Crippen LogP contribution is -2.08. The van der Waals surface area contributed by atoms with Gasteiger partial charge in [-0.3, -0.25) is 0 Å². The third-order valence-electron chi connectivity index (χ3n) is 2.94. The first-order chi connectivity index (χ1) is 8.58. The monoisotopic (exact) mass is 274 g/mol. The van der Waals surface area contributed by atoms with Crippen molar-refractivity contribution in [1.29, 1.82) is 0 Å². The van der Waals surface area contributed by atoms with Crippen molar-refractivity contribution in [3.63, 3.8) is 0 Å². The maximum absolute atomic E-state index is 12.7. The number of halogens is 2. The van der Waals surface area contributed by atoms with E-state index in [-0.39, 0.29) is 6.42 Å². The first-order valence-electron chi connectivity index (χ1n) is 5.82. The number of allylic oxidation sites excluding steroid dienone is 1. The molecule has 0 bridgehead atoms. The van der Waals surface area contributed by atoms with E-state index in [4.69, 9.17) is 5.73 Å². The minimum absolute atomic E-state index is 0.0287. The van der Waals surface area contributed by atoms with Crippen LogP contribution in [0.5, 0.6) is 0 Å². The molecule has 0 unspecified atom stereocenters.